The van der Waals surface area contributed by atoms with Gasteiger partial charge in [-0.25, -0.2) is 9.78 Å². The van der Waals surface area contributed by atoms with Crippen molar-refractivity contribution in [2.45, 2.75) is 38.0 Å². The summed E-state index contributed by atoms with van der Waals surface area (Å²) in [7, 11) is 0. The summed E-state index contributed by atoms with van der Waals surface area (Å²) < 4.78 is 5.17. The zero-order valence-corrected chi connectivity index (χ0v) is 7.90. The van der Waals surface area contributed by atoms with Gasteiger partial charge in [0.1, 0.15) is 0 Å². The number of carbonyl (C=O) groups is 1. The minimum Gasteiger partial charge on any atom is -0.475 e. The molecule has 0 amide bonds. The first kappa shape index (κ1) is 9.24. The molecule has 1 fully saturated rings. The minimum atomic E-state index is -1.04. The molecule has 0 radical (unpaired) electrons. The highest BCUT2D eigenvalue weighted by atomic mass is 16.4. The highest BCUT2D eigenvalue weighted by molar-refractivity contribution is 5.83. The Balaban J connectivity index is 2.11. The van der Waals surface area contributed by atoms with Crippen LogP contribution in [0.1, 0.15) is 54.5 Å². The Hall–Kier alpha value is -1.32. The zero-order chi connectivity index (χ0) is 9.97. The standard InChI is InChI=1S/C10H13NO3/c12-10(13)8-6-11-9(14-8)7-4-2-1-3-5-7/h6-7H,1-5H2,(H,12,13). The van der Waals surface area contributed by atoms with E-state index in [1.54, 1.807) is 0 Å². The van der Waals surface area contributed by atoms with E-state index in [-0.39, 0.29) is 5.76 Å². The van der Waals surface area contributed by atoms with Gasteiger partial charge in [-0.05, 0) is 12.8 Å². The van der Waals surface area contributed by atoms with E-state index in [1.807, 2.05) is 0 Å². The summed E-state index contributed by atoms with van der Waals surface area (Å²) in [5.74, 6) is -0.163. The highest BCUT2D eigenvalue weighted by Gasteiger charge is 2.21. The van der Waals surface area contributed by atoms with Gasteiger partial charge in [0.05, 0.1) is 6.20 Å². The summed E-state index contributed by atoms with van der Waals surface area (Å²) in [6.07, 6.45) is 7.08. The molecule has 1 aliphatic rings. The first-order chi connectivity index (χ1) is 6.77. The Kier molecular flexibility index (Phi) is 2.52. The fraction of sp³-hybridized carbons (Fsp3) is 0.600. The van der Waals surface area contributed by atoms with E-state index in [2.05, 4.69) is 4.98 Å². The van der Waals surface area contributed by atoms with Crippen molar-refractivity contribution in [2.75, 3.05) is 0 Å². The van der Waals surface area contributed by atoms with Gasteiger partial charge in [0.15, 0.2) is 5.89 Å². The lowest BCUT2D eigenvalue weighted by Crippen LogP contribution is -2.04. The van der Waals surface area contributed by atoms with Crippen molar-refractivity contribution in [1.82, 2.24) is 4.98 Å². The van der Waals surface area contributed by atoms with Crippen molar-refractivity contribution < 1.29 is 14.3 Å². The van der Waals surface area contributed by atoms with Crippen LogP contribution in [0.4, 0.5) is 0 Å². The molecule has 4 heteroatoms. The molecule has 4 nitrogen and oxygen atoms in total. The Morgan fingerprint density at radius 2 is 2.14 bits per heavy atom. The maximum atomic E-state index is 10.6. The molecule has 2 rings (SSSR count). The summed E-state index contributed by atoms with van der Waals surface area (Å²) in [6, 6.07) is 0. The molecule has 0 aliphatic heterocycles. The zero-order valence-electron chi connectivity index (χ0n) is 7.90. The molecule has 1 aromatic heterocycles. The number of oxazole rings is 1. The van der Waals surface area contributed by atoms with Gasteiger partial charge < -0.3 is 9.52 Å². The van der Waals surface area contributed by atoms with Gasteiger partial charge in [-0.2, -0.15) is 0 Å². The fourth-order valence-corrected chi connectivity index (χ4v) is 1.92. The molecule has 76 valence electrons. The van der Waals surface area contributed by atoms with Gasteiger partial charge in [-0.15, -0.1) is 0 Å². The molecule has 0 unspecified atom stereocenters. The van der Waals surface area contributed by atoms with Gasteiger partial charge in [0.25, 0.3) is 0 Å². The van der Waals surface area contributed by atoms with Crippen LogP contribution in [0.15, 0.2) is 10.6 Å². The van der Waals surface area contributed by atoms with Crippen LogP contribution in [0.3, 0.4) is 0 Å². The molecule has 0 aromatic carbocycles. The summed E-state index contributed by atoms with van der Waals surface area (Å²) >= 11 is 0. The van der Waals surface area contributed by atoms with Crippen LogP contribution in [0, 0.1) is 0 Å². The van der Waals surface area contributed by atoms with Gasteiger partial charge >= 0.3 is 5.97 Å². The van der Waals surface area contributed by atoms with Crippen LogP contribution in [0.25, 0.3) is 0 Å². The van der Waals surface area contributed by atoms with Crippen molar-refractivity contribution in [1.29, 1.82) is 0 Å². The number of aromatic nitrogens is 1. The minimum absolute atomic E-state index is 0.0504. The highest BCUT2D eigenvalue weighted by Crippen LogP contribution is 2.31. The molecule has 1 N–H and O–H groups in total. The summed E-state index contributed by atoms with van der Waals surface area (Å²) in [4.78, 5) is 14.6. The lowest BCUT2D eigenvalue weighted by atomic mass is 9.89. The maximum Gasteiger partial charge on any atom is 0.373 e. The second-order valence-electron chi connectivity index (χ2n) is 3.70. The Bertz CT molecular complexity index is 326. The van der Waals surface area contributed by atoms with Crippen LogP contribution in [-0.4, -0.2) is 16.1 Å². The number of hydrogen-bond donors (Lipinski definition) is 1. The van der Waals surface area contributed by atoms with Crippen LogP contribution in [0.2, 0.25) is 0 Å². The van der Waals surface area contributed by atoms with E-state index < -0.39 is 5.97 Å². The van der Waals surface area contributed by atoms with Crippen LogP contribution < -0.4 is 0 Å². The van der Waals surface area contributed by atoms with Crippen molar-refractivity contribution in [2.24, 2.45) is 0 Å². The molecule has 0 spiro atoms. The largest absolute Gasteiger partial charge is 0.475 e. The molecular formula is C10H13NO3. The molecule has 0 atom stereocenters. The van der Waals surface area contributed by atoms with E-state index in [1.165, 1.54) is 25.5 Å². The van der Waals surface area contributed by atoms with Gasteiger partial charge in [-0.3, -0.25) is 0 Å². The van der Waals surface area contributed by atoms with Crippen molar-refractivity contribution >= 4 is 5.97 Å². The summed E-state index contributed by atoms with van der Waals surface area (Å²) in [5.41, 5.74) is 0. The number of aromatic carboxylic acids is 1. The second kappa shape index (κ2) is 3.82. The molecule has 14 heavy (non-hydrogen) atoms. The van der Waals surface area contributed by atoms with E-state index in [0.29, 0.717) is 11.8 Å². The number of rotatable bonds is 2. The van der Waals surface area contributed by atoms with Gasteiger partial charge in [0.2, 0.25) is 5.76 Å². The Morgan fingerprint density at radius 1 is 1.43 bits per heavy atom. The molecule has 0 bridgehead atoms. The lowest BCUT2D eigenvalue weighted by molar-refractivity contribution is 0.0659. The van der Waals surface area contributed by atoms with Crippen LogP contribution >= 0.6 is 0 Å². The number of carboxylic acids is 1. The topological polar surface area (TPSA) is 63.3 Å². The third-order valence-electron chi connectivity index (χ3n) is 2.69. The quantitative estimate of drug-likeness (QED) is 0.787. The van der Waals surface area contributed by atoms with Crippen molar-refractivity contribution in [3.63, 3.8) is 0 Å². The Morgan fingerprint density at radius 3 is 2.71 bits per heavy atom. The molecule has 1 heterocycles. The average molecular weight is 195 g/mol. The first-order valence-electron chi connectivity index (χ1n) is 4.96. The third kappa shape index (κ3) is 1.78. The average Bonchev–Trinajstić information content (AvgIpc) is 2.68. The predicted octanol–water partition coefficient (Wildman–Crippen LogP) is 2.42. The normalized spacial score (nSPS) is 18.3. The van der Waals surface area contributed by atoms with Gasteiger partial charge in [0, 0.05) is 5.92 Å². The third-order valence-corrected chi connectivity index (χ3v) is 2.69. The van der Waals surface area contributed by atoms with Gasteiger partial charge in [-0.1, -0.05) is 19.3 Å². The SMILES string of the molecule is O=C(O)c1cnc(C2CCCCC2)o1. The molecular weight excluding hydrogens is 182 g/mol. The summed E-state index contributed by atoms with van der Waals surface area (Å²) in [5, 5.41) is 8.66. The monoisotopic (exact) mass is 195 g/mol. The van der Waals surface area contributed by atoms with Crippen LogP contribution in [0.5, 0.6) is 0 Å². The smallest absolute Gasteiger partial charge is 0.373 e. The van der Waals surface area contributed by atoms with E-state index in [9.17, 15) is 4.79 Å². The fourth-order valence-electron chi connectivity index (χ4n) is 1.92. The molecule has 1 saturated carbocycles. The Labute approximate surface area is 81.9 Å². The number of carboxylic acid groups (broad SMARTS) is 1. The molecule has 1 aromatic rings. The maximum absolute atomic E-state index is 10.6. The lowest BCUT2D eigenvalue weighted by Gasteiger charge is -2.17. The second-order valence-corrected chi connectivity index (χ2v) is 3.70. The first-order valence-corrected chi connectivity index (χ1v) is 4.96. The number of nitrogens with zero attached hydrogens (tertiary/aromatic N) is 1. The summed E-state index contributed by atoms with van der Waals surface area (Å²) in [6.45, 7) is 0. The van der Waals surface area contributed by atoms with Crippen molar-refractivity contribution in [3.05, 3.63) is 17.8 Å². The molecule has 1 aliphatic carbocycles. The molecule has 0 saturated heterocycles. The number of hydrogen-bond acceptors (Lipinski definition) is 3. The van der Waals surface area contributed by atoms with Crippen LogP contribution in [-0.2, 0) is 0 Å². The van der Waals surface area contributed by atoms with Crippen molar-refractivity contribution in [3.8, 4) is 0 Å². The van der Waals surface area contributed by atoms with E-state index >= 15 is 0 Å². The van der Waals surface area contributed by atoms with E-state index in [0.717, 1.165) is 12.8 Å². The predicted molar refractivity (Wildman–Crippen MR) is 49.3 cm³/mol. The van der Waals surface area contributed by atoms with E-state index in [4.69, 9.17) is 9.52 Å².